The smallest absolute Gasteiger partial charge is 0.193 e. The molecular formula is C18H31N5. The van der Waals surface area contributed by atoms with Gasteiger partial charge in [0, 0.05) is 39.3 Å². The topological polar surface area (TPSA) is 45.5 Å². The Kier molecular flexibility index (Phi) is 4.93. The van der Waals surface area contributed by atoms with Gasteiger partial charge in [-0.1, -0.05) is 13.8 Å². The van der Waals surface area contributed by atoms with E-state index in [1.165, 1.54) is 37.9 Å². The summed E-state index contributed by atoms with van der Waals surface area (Å²) in [5.41, 5.74) is 1.62. The van der Waals surface area contributed by atoms with E-state index in [2.05, 4.69) is 39.8 Å². The third kappa shape index (κ3) is 3.38. The Morgan fingerprint density at radius 1 is 1.30 bits per heavy atom. The maximum absolute atomic E-state index is 4.77. The molecule has 128 valence electrons. The highest BCUT2D eigenvalue weighted by molar-refractivity contribution is 5.80. The quantitative estimate of drug-likeness (QED) is 0.686. The summed E-state index contributed by atoms with van der Waals surface area (Å²) < 4.78 is 2.32. The lowest BCUT2D eigenvalue weighted by Gasteiger charge is -2.27. The Labute approximate surface area is 140 Å². The highest BCUT2D eigenvalue weighted by Crippen LogP contribution is 2.36. The van der Waals surface area contributed by atoms with Crippen LogP contribution in [0.1, 0.15) is 57.5 Å². The van der Waals surface area contributed by atoms with Crippen LogP contribution in [0, 0.1) is 5.41 Å². The van der Waals surface area contributed by atoms with Crippen LogP contribution >= 0.6 is 0 Å². The van der Waals surface area contributed by atoms with E-state index in [9.17, 15) is 0 Å². The minimum Gasteiger partial charge on any atom is -0.351 e. The first-order chi connectivity index (χ1) is 11.2. The van der Waals surface area contributed by atoms with Gasteiger partial charge in [-0.15, -0.1) is 0 Å². The number of aromatic nitrogens is 2. The van der Waals surface area contributed by atoms with Gasteiger partial charge in [0.05, 0.1) is 12.2 Å². The zero-order valence-electron chi connectivity index (χ0n) is 14.9. The van der Waals surface area contributed by atoms with Crippen LogP contribution in [0.5, 0.6) is 0 Å². The van der Waals surface area contributed by atoms with E-state index in [1.807, 2.05) is 7.05 Å². The van der Waals surface area contributed by atoms with Gasteiger partial charge in [0.1, 0.15) is 5.82 Å². The number of imidazole rings is 1. The van der Waals surface area contributed by atoms with E-state index < -0.39 is 0 Å². The molecule has 0 aromatic carbocycles. The van der Waals surface area contributed by atoms with Crippen molar-refractivity contribution in [2.24, 2.45) is 10.4 Å². The molecule has 5 nitrogen and oxygen atoms in total. The lowest BCUT2D eigenvalue weighted by atomic mass is 9.82. The van der Waals surface area contributed by atoms with Crippen molar-refractivity contribution in [2.45, 2.75) is 65.5 Å². The molecular weight excluding hydrogens is 286 g/mol. The number of rotatable bonds is 4. The number of guanidine groups is 1. The van der Waals surface area contributed by atoms with Crippen LogP contribution in [0.4, 0.5) is 0 Å². The van der Waals surface area contributed by atoms with E-state index in [0.717, 1.165) is 44.3 Å². The second-order valence-corrected chi connectivity index (χ2v) is 7.08. The number of aliphatic imine (C=N–C) groups is 1. The highest BCUT2D eigenvalue weighted by atomic mass is 15.3. The normalized spacial score (nSPS) is 20.7. The molecule has 1 aromatic heterocycles. The molecule has 5 heteroatoms. The first-order valence-corrected chi connectivity index (χ1v) is 9.20. The number of hydrogen-bond donors (Lipinski definition) is 1. The Morgan fingerprint density at radius 3 is 2.78 bits per heavy atom. The van der Waals surface area contributed by atoms with Gasteiger partial charge >= 0.3 is 0 Å². The molecule has 3 heterocycles. The summed E-state index contributed by atoms with van der Waals surface area (Å²) in [5.74, 6) is 2.28. The van der Waals surface area contributed by atoms with Crippen molar-refractivity contribution >= 4 is 5.96 Å². The standard InChI is InChI=1S/C18H31N5/c1-4-18(5-2)9-11-23(14-18)17(19-3)20-12-15-13-22-10-7-6-8-16(22)21-15/h13H,4-12,14H2,1-3H3,(H,19,20). The second-order valence-electron chi connectivity index (χ2n) is 7.08. The molecule has 0 amide bonds. The minimum absolute atomic E-state index is 0.477. The molecule has 1 fully saturated rings. The Balaban J connectivity index is 1.59. The molecule has 0 atom stereocenters. The third-order valence-corrected chi connectivity index (χ3v) is 5.84. The molecule has 0 bridgehead atoms. The van der Waals surface area contributed by atoms with Crippen LogP contribution < -0.4 is 5.32 Å². The molecule has 1 aromatic rings. The van der Waals surface area contributed by atoms with Crippen LogP contribution in [-0.2, 0) is 19.5 Å². The fourth-order valence-corrected chi connectivity index (χ4v) is 4.00. The van der Waals surface area contributed by atoms with Crippen molar-refractivity contribution in [1.82, 2.24) is 19.8 Å². The van der Waals surface area contributed by atoms with Gasteiger partial charge in [0.25, 0.3) is 0 Å². The van der Waals surface area contributed by atoms with Crippen molar-refractivity contribution in [3.05, 3.63) is 17.7 Å². The Hall–Kier alpha value is -1.52. The molecule has 3 rings (SSSR count). The molecule has 2 aliphatic heterocycles. The monoisotopic (exact) mass is 317 g/mol. The van der Waals surface area contributed by atoms with Crippen LogP contribution in [0.2, 0.25) is 0 Å². The van der Waals surface area contributed by atoms with Gasteiger partial charge in [0.15, 0.2) is 5.96 Å². The largest absolute Gasteiger partial charge is 0.351 e. The number of fused-ring (bicyclic) bond motifs is 1. The van der Waals surface area contributed by atoms with Crippen molar-refractivity contribution < 1.29 is 0 Å². The van der Waals surface area contributed by atoms with Crippen molar-refractivity contribution in [2.75, 3.05) is 20.1 Å². The van der Waals surface area contributed by atoms with Gasteiger partial charge in [-0.3, -0.25) is 4.99 Å². The molecule has 23 heavy (non-hydrogen) atoms. The number of nitrogens with zero attached hydrogens (tertiary/aromatic N) is 4. The SMILES string of the molecule is CCC1(CC)CCN(C(=NC)NCc2cn3c(n2)CCCC3)C1. The van der Waals surface area contributed by atoms with E-state index in [1.54, 1.807) is 0 Å². The number of likely N-dealkylation sites (tertiary alicyclic amines) is 1. The van der Waals surface area contributed by atoms with Gasteiger partial charge in [-0.25, -0.2) is 4.98 Å². The summed E-state index contributed by atoms with van der Waals surface area (Å²) in [6.07, 6.45) is 9.67. The summed E-state index contributed by atoms with van der Waals surface area (Å²) in [5, 5.41) is 3.52. The first kappa shape index (κ1) is 16.3. The van der Waals surface area contributed by atoms with Gasteiger partial charge < -0.3 is 14.8 Å². The predicted octanol–water partition coefficient (Wildman–Crippen LogP) is 2.81. The minimum atomic E-state index is 0.477. The summed E-state index contributed by atoms with van der Waals surface area (Å²) in [6, 6.07) is 0. The van der Waals surface area contributed by atoms with Crippen LogP contribution in [0.3, 0.4) is 0 Å². The van der Waals surface area contributed by atoms with E-state index in [4.69, 9.17) is 4.98 Å². The zero-order chi connectivity index (χ0) is 16.3. The van der Waals surface area contributed by atoms with Gasteiger partial charge in [0.2, 0.25) is 0 Å². The number of aryl methyl sites for hydroxylation is 2. The van der Waals surface area contributed by atoms with Crippen LogP contribution in [0.25, 0.3) is 0 Å². The molecule has 0 unspecified atom stereocenters. The number of nitrogens with one attached hydrogen (secondary N) is 1. The van der Waals surface area contributed by atoms with Crippen molar-refractivity contribution in [1.29, 1.82) is 0 Å². The molecule has 1 saturated heterocycles. The van der Waals surface area contributed by atoms with Gasteiger partial charge in [-0.05, 0) is 37.5 Å². The predicted molar refractivity (Wildman–Crippen MR) is 94.6 cm³/mol. The summed E-state index contributed by atoms with van der Waals surface area (Å²) >= 11 is 0. The summed E-state index contributed by atoms with van der Waals surface area (Å²) in [6.45, 7) is 8.77. The van der Waals surface area contributed by atoms with E-state index in [0.29, 0.717) is 5.41 Å². The maximum atomic E-state index is 4.77. The van der Waals surface area contributed by atoms with Crippen molar-refractivity contribution in [3.63, 3.8) is 0 Å². The highest BCUT2D eigenvalue weighted by Gasteiger charge is 2.36. The second kappa shape index (κ2) is 6.93. The van der Waals surface area contributed by atoms with Crippen molar-refractivity contribution in [3.8, 4) is 0 Å². The third-order valence-electron chi connectivity index (χ3n) is 5.84. The molecule has 0 radical (unpaired) electrons. The Bertz CT molecular complexity index is 532. The molecule has 0 spiro atoms. The maximum Gasteiger partial charge on any atom is 0.193 e. The fourth-order valence-electron chi connectivity index (χ4n) is 4.00. The van der Waals surface area contributed by atoms with E-state index >= 15 is 0 Å². The number of hydrogen-bond acceptors (Lipinski definition) is 2. The van der Waals surface area contributed by atoms with Crippen LogP contribution in [-0.4, -0.2) is 40.5 Å². The average molecular weight is 317 g/mol. The molecule has 0 aliphatic carbocycles. The van der Waals surface area contributed by atoms with E-state index in [-0.39, 0.29) is 0 Å². The lowest BCUT2D eigenvalue weighted by Crippen LogP contribution is -2.40. The molecule has 0 saturated carbocycles. The summed E-state index contributed by atoms with van der Waals surface area (Å²) in [4.78, 5) is 11.7. The van der Waals surface area contributed by atoms with Gasteiger partial charge in [-0.2, -0.15) is 0 Å². The summed E-state index contributed by atoms with van der Waals surface area (Å²) in [7, 11) is 1.89. The van der Waals surface area contributed by atoms with Crippen LogP contribution in [0.15, 0.2) is 11.2 Å². The Morgan fingerprint density at radius 2 is 2.13 bits per heavy atom. The lowest BCUT2D eigenvalue weighted by molar-refractivity contribution is 0.276. The fraction of sp³-hybridized carbons (Fsp3) is 0.778. The zero-order valence-corrected chi connectivity index (χ0v) is 14.9. The first-order valence-electron chi connectivity index (χ1n) is 9.20. The molecule has 2 aliphatic rings. The average Bonchev–Trinajstić information content (AvgIpc) is 3.20. The molecule has 1 N–H and O–H groups in total.